The summed E-state index contributed by atoms with van der Waals surface area (Å²) < 4.78 is 12.5. The van der Waals surface area contributed by atoms with E-state index in [0.717, 1.165) is 21.2 Å². The summed E-state index contributed by atoms with van der Waals surface area (Å²) in [6.07, 6.45) is 1.57. The van der Waals surface area contributed by atoms with E-state index in [2.05, 4.69) is 47.2 Å². The number of carbonyl (C=O) groups is 1. The highest BCUT2D eigenvalue weighted by Crippen LogP contribution is 2.33. The maximum Gasteiger partial charge on any atom is 0.277 e. The van der Waals surface area contributed by atoms with Gasteiger partial charge in [-0.05, 0) is 59.5 Å². The maximum absolute atomic E-state index is 12.1. The molecule has 1 amide bonds. The largest absolute Gasteiger partial charge is 0.489 e. The minimum absolute atomic E-state index is 0.114. The lowest BCUT2D eigenvalue weighted by Crippen LogP contribution is -2.25. The van der Waals surface area contributed by atoms with E-state index in [1.165, 1.54) is 0 Å². The number of nitrogens with zero attached hydrogens (tertiary/aromatic N) is 1. The fraction of sp³-hybridized carbons (Fsp3) is 0.231. The lowest BCUT2D eigenvalue weighted by molar-refractivity contribution is -0.123. The summed E-state index contributed by atoms with van der Waals surface area (Å²) in [6.45, 7) is 6.55. The molecule has 5 nitrogen and oxygen atoms in total. The van der Waals surface area contributed by atoms with E-state index in [9.17, 15) is 4.79 Å². The van der Waals surface area contributed by atoms with Gasteiger partial charge in [0.15, 0.2) is 6.61 Å². The number of rotatable bonds is 8. The monoisotopic (exact) mass is 528 g/mol. The van der Waals surface area contributed by atoms with Crippen LogP contribution in [0.3, 0.4) is 0 Å². The van der Waals surface area contributed by atoms with Crippen LogP contribution in [0, 0.1) is 0 Å². The van der Waals surface area contributed by atoms with Gasteiger partial charge in [0.1, 0.15) is 18.1 Å². The van der Waals surface area contributed by atoms with Crippen molar-refractivity contribution in [2.45, 2.75) is 32.8 Å². The molecular formula is C26H26BrClN2O3. The van der Waals surface area contributed by atoms with Crippen LogP contribution in [0.1, 0.15) is 37.5 Å². The Hall–Kier alpha value is -2.83. The third-order valence-electron chi connectivity index (χ3n) is 4.74. The molecule has 0 radical (unpaired) electrons. The number of halogens is 2. The molecule has 0 aromatic heterocycles. The summed E-state index contributed by atoms with van der Waals surface area (Å²) in [5, 5.41) is 4.68. The summed E-state index contributed by atoms with van der Waals surface area (Å²) in [6, 6.07) is 20.7. The summed E-state index contributed by atoms with van der Waals surface area (Å²) in [7, 11) is 0. The molecule has 0 fully saturated rings. The first-order valence-electron chi connectivity index (χ1n) is 10.4. The highest BCUT2D eigenvalue weighted by molar-refractivity contribution is 9.10. The minimum Gasteiger partial charge on any atom is -0.489 e. The van der Waals surface area contributed by atoms with Crippen LogP contribution < -0.4 is 14.9 Å². The Morgan fingerprint density at radius 2 is 1.79 bits per heavy atom. The van der Waals surface area contributed by atoms with Crippen molar-refractivity contribution in [3.05, 3.63) is 92.9 Å². The zero-order valence-electron chi connectivity index (χ0n) is 18.8. The van der Waals surface area contributed by atoms with Gasteiger partial charge < -0.3 is 9.47 Å². The number of nitrogens with one attached hydrogen (secondary N) is 1. The van der Waals surface area contributed by atoms with Gasteiger partial charge in [0.25, 0.3) is 5.91 Å². The number of carbonyl (C=O) groups excluding carboxylic acids is 1. The number of hydrogen-bond donors (Lipinski definition) is 1. The summed E-state index contributed by atoms with van der Waals surface area (Å²) in [5.41, 5.74) is 5.14. The van der Waals surface area contributed by atoms with E-state index >= 15 is 0 Å². The van der Waals surface area contributed by atoms with Crippen molar-refractivity contribution in [3.8, 4) is 11.5 Å². The molecule has 0 aliphatic carbocycles. The van der Waals surface area contributed by atoms with Crippen molar-refractivity contribution in [2.24, 2.45) is 5.10 Å². The van der Waals surface area contributed by atoms with E-state index in [-0.39, 0.29) is 17.9 Å². The second-order valence-corrected chi connectivity index (χ2v) is 9.74. The second kappa shape index (κ2) is 11.3. The van der Waals surface area contributed by atoms with Crippen molar-refractivity contribution in [1.29, 1.82) is 0 Å². The van der Waals surface area contributed by atoms with Crippen LogP contribution in [0.5, 0.6) is 11.5 Å². The number of benzene rings is 3. The van der Waals surface area contributed by atoms with Crippen LogP contribution in [0.15, 0.2) is 76.3 Å². The summed E-state index contributed by atoms with van der Waals surface area (Å²) in [4.78, 5) is 12.1. The van der Waals surface area contributed by atoms with Gasteiger partial charge >= 0.3 is 0 Å². The van der Waals surface area contributed by atoms with Crippen LogP contribution in [0.2, 0.25) is 5.02 Å². The third-order valence-corrected chi connectivity index (χ3v) is 5.61. The summed E-state index contributed by atoms with van der Waals surface area (Å²) in [5.74, 6) is 1.06. The fourth-order valence-electron chi connectivity index (χ4n) is 3.00. The van der Waals surface area contributed by atoms with Crippen LogP contribution in [0.25, 0.3) is 0 Å². The molecule has 0 saturated heterocycles. The first-order valence-corrected chi connectivity index (χ1v) is 11.6. The molecule has 0 unspecified atom stereocenters. The zero-order chi connectivity index (χ0) is 23.8. The quantitative estimate of drug-likeness (QED) is 0.267. The van der Waals surface area contributed by atoms with Gasteiger partial charge in [-0.25, -0.2) is 5.43 Å². The molecule has 0 spiro atoms. The van der Waals surface area contributed by atoms with Gasteiger partial charge in [0.2, 0.25) is 0 Å². The predicted molar refractivity (Wildman–Crippen MR) is 136 cm³/mol. The molecule has 0 atom stereocenters. The highest BCUT2D eigenvalue weighted by Gasteiger charge is 2.20. The Morgan fingerprint density at radius 3 is 2.48 bits per heavy atom. The average molecular weight is 530 g/mol. The van der Waals surface area contributed by atoms with Crippen molar-refractivity contribution in [2.75, 3.05) is 6.61 Å². The van der Waals surface area contributed by atoms with E-state index < -0.39 is 0 Å². The number of hydrogen-bond acceptors (Lipinski definition) is 4. The molecule has 33 heavy (non-hydrogen) atoms. The normalized spacial score (nSPS) is 11.4. The first-order chi connectivity index (χ1) is 15.7. The Morgan fingerprint density at radius 1 is 1.06 bits per heavy atom. The number of amides is 1. The van der Waals surface area contributed by atoms with E-state index in [0.29, 0.717) is 23.1 Å². The van der Waals surface area contributed by atoms with Crippen LogP contribution in [-0.2, 0) is 16.8 Å². The average Bonchev–Trinajstić information content (AvgIpc) is 2.78. The highest BCUT2D eigenvalue weighted by atomic mass is 79.9. The number of hydrazone groups is 1. The van der Waals surface area contributed by atoms with Crippen LogP contribution in [0.4, 0.5) is 0 Å². The molecule has 0 heterocycles. The van der Waals surface area contributed by atoms with Gasteiger partial charge in [0, 0.05) is 20.6 Å². The van der Waals surface area contributed by atoms with E-state index in [4.69, 9.17) is 21.1 Å². The third kappa shape index (κ3) is 7.62. The van der Waals surface area contributed by atoms with Crippen molar-refractivity contribution < 1.29 is 14.3 Å². The molecule has 3 rings (SSSR count). The second-order valence-electron chi connectivity index (χ2n) is 8.42. The van der Waals surface area contributed by atoms with Crippen molar-refractivity contribution in [3.63, 3.8) is 0 Å². The van der Waals surface area contributed by atoms with Gasteiger partial charge in [-0.2, -0.15) is 5.10 Å². The predicted octanol–water partition coefficient (Wildman–Crippen LogP) is 6.51. The molecule has 3 aromatic carbocycles. The first kappa shape index (κ1) is 24.8. The Bertz CT molecular complexity index is 1130. The molecule has 0 saturated carbocycles. The Balaban J connectivity index is 1.48. The minimum atomic E-state index is -0.339. The molecule has 0 bridgehead atoms. The lowest BCUT2D eigenvalue weighted by atomic mass is 9.86. The van der Waals surface area contributed by atoms with Gasteiger partial charge in [0.05, 0.1) is 6.21 Å². The molecule has 0 aliphatic rings. The van der Waals surface area contributed by atoms with Crippen molar-refractivity contribution in [1.82, 2.24) is 5.43 Å². The SMILES string of the molecule is CC(C)(C)c1cc(Br)ccc1OCC(=O)N/N=C/c1ccc(OCc2ccccc2Cl)cc1. The maximum atomic E-state index is 12.1. The lowest BCUT2D eigenvalue weighted by Gasteiger charge is -2.23. The molecular weight excluding hydrogens is 504 g/mol. The Kier molecular flexibility index (Phi) is 8.53. The molecule has 1 N–H and O–H groups in total. The van der Waals surface area contributed by atoms with Gasteiger partial charge in [-0.3, -0.25) is 4.79 Å². The topological polar surface area (TPSA) is 59.9 Å². The fourth-order valence-corrected chi connectivity index (χ4v) is 3.55. The molecule has 3 aromatic rings. The van der Waals surface area contributed by atoms with E-state index in [1.54, 1.807) is 6.21 Å². The zero-order valence-corrected chi connectivity index (χ0v) is 21.1. The Labute approximate surface area is 207 Å². The van der Waals surface area contributed by atoms with Gasteiger partial charge in [-0.15, -0.1) is 0 Å². The van der Waals surface area contributed by atoms with Crippen LogP contribution >= 0.6 is 27.5 Å². The van der Waals surface area contributed by atoms with Crippen molar-refractivity contribution >= 4 is 39.7 Å². The molecule has 172 valence electrons. The number of ether oxygens (including phenoxy) is 2. The van der Waals surface area contributed by atoms with Gasteiger partial charge in [-0.1, -0.05) is 66.5 Å². The molecule has 7 heteroatoms. The standard InChI is InChI=1S/C26H26BrClN2O3/c1-26(2,3)22-14-20(27)10-13-24(22)33-17-25(31)30-29-15-18-8-11-21(12-9-18)32-16-19-6-4-5-7-23(19)28/h4-15H,16-17H2,1-3H3,(H,30,31)/b29-15+. The molecule has 0 aliphatic heterocycles. The van der Waals surface area contributed by atoms with E-state index in [1.807, 2.05) is 66.7 Å². The smallest absolute Gasteiger partial charge is 0.277 e. The summed E-state index contributed by atoms with van der Waals surface area (Å²) >= 11 is 9.63. The van der Waals surface area contributed by atoms with Crippen LogP contribution in [-0.4, -0.2) is 18.7 Å².